The Balaban J connectivity index is 3.29. The summed E-state index contributed by atoms with van der Waals surface area (Å²) in [6.45, 7) is 13.9. The van der Waals surface area contributed by atoms with Gasteiger partial charge in [-0.15, -0.1) is 0 Å². The number of rotatable bonds is 13. The van der Waals surface area contributed by atoms with Gasteiger partial charge in [-0.25, -0.2) is 9.59 Å². The zero-order chi connectivity index (χ0) is 30.0. The van der Waals surface area contributed by atoms with Crippen LogP contribution in [-0.4, -0.2) is 54.7 Å². The highest BCUT2D eigenvalue weighted by atomic mass is 16.8. The van der Waals surface area contributed by atoms with Crippen LogP contribution in [0.2, 0.25) is 0 Å². The van der Waals surface area contributed by atoms with Crippen molar-refractivity contribution in [2.75, 3.05) is 13.7 Å². The molecule has 0 radical (unpaired) electrons. The maximum atomic E-state index is 12.6. The molecule has 0 saturated carbocycles. The van der Waals surface area contributed by atoms with Crippen LogP contribution < -0.4 is 15.2 Å². The van der Waals surface area contributed by atoms with E-state index in [0.717, 1.165) is 0 Å². The summed E-state index contributed by atoms with van der Waals surface area (Å²) in [5.41, 5.74) is 3.70. The Morgan fingerprint density at radius 1 is 0.872 bits per heavy atom. The monoisotopic (exact) mass is 553 g/mol. The molecule has 11 nitrogen and oxygen atoms in total. The minimum Gasteiger partial charge on any atom is -0.468 e. The minimum atomic E-state index is -1.57. The van der Waals surface area contributed by atoms with Crippen LogP contribution in [0.1, 0.15) is 80.2 Å². The maximum Gasteiger partial charge on any atom is 0.514 e. The van der Waals surface area contributed by atoms with E-state index in [1.54, 1.807) is 47.6 Å². The largest absolute Gasteiger partial charge is 0.514 e. The molecule has 0 saturated heterocycles. The topological polar surface area (TPSA) is 150 Å². The molecule has 2 N–H and O–H groups in total. The molecule has 220 valence electrons. The fourth-order valence-corrected chi connectivity index (χ4v) is 2.97. The number of methoxy groups -OCH3 is 1. The van der Waals surface area contributed by atoms with E-state index in [1.165, 1.54) is 19.2 Å². The average molecular weight is 554 g/mol. The van der Waals surface area contributed by atoms with Gasteiger partial charge in [0, 0.05) is 12.8 Å². The Morgan fingerprint density at radius 2 is 1.38 bits per heavy atom. The van der Waals surface area contributed by atoms with Crippen molar-refractivity contribution in [3.63, 3.8) is 0 Å². The van der Waals surface area contributed by atoms with Gasteiger partial charge in [-0.05, 0) is 58.2 Å². The number of nitrogens with two attached hydrogens (primary N) is 1. The number of ether oxygens (including phenoxy) is 6. The number of hydrogen-bond donors (Lipinski definition) is 1. The number of benzene rings is 1. The molecule has 0 fully saturated rings. The van der Waals surface area contributed by atoms with Gasteiger partial charge in [0.1, 0.15) is 16.7 Å². The molecule has 1 unspecified atom stereocenters. The van der Waals surface area contributed by atoms with E-state index in [2.05, 4.69) is 0 Å². The van der Waals surface area contributed by atoms with Crippen molar-refractivity contribution in [3.05, 3.63) is 23.8 Å². The summed E-state index contributed by atoms with van der Waals surface area (Å²) in [6.07, 6.45) is -1.03. The first kappa shape index (κ1) is 33.7. The molecule has 1 aromatic carbocycles. The molecule has 1 rings (SSSR count). The van der Waals surface area contributed by atoms with Gasteiger partial charge in [-0.1, -0.05) is 33.8 Å². The smallest absolute Gasteiger partial charge is 0.468 e. The maximum absolute atomic E-state index is 12.6. The second kappa shape index (κ2) is 14.2. The number of esters is 2. The lowest BCUT2D eigenvalue weighted by molar-refractivity contribution is -0.152. The van der Waals surface area contributed by atoms with Gasteiger partial charge < -0.3 is 34.2 Å². The molecular formula is C28H43NO10. The fourth-order valence-electron chi connectivity index (χ4n) is 2.97. The van der Waals surface area contributed by atoms with Crippen molar-refractivity contribution in [2.45, 2.75) is 97.8 Å². The highest BCUT2D eigenvalue weighted by Gasteiger charge is 2.36. The van der Waals surface area contributed by atoms with E-state index >= 15 is 0 Å². The second-order valence-corrected chi connectivity index (χ2v) is 10.8. The third-order valence-corrected chi connectivity index (χ3v) is 6.19. The van der Waals surface area contributed by atoms with Gasteiger partial charge in [-0.2, -0.15) is 0 Å². The fraction of sp³-hybridized carbons (Fsp3) is 0.643. The average Bonchev–Trinajstić information content (AvgIpc) is 2.84. The lowest BCUT2D eigenvalue weighted by Crippen LogP contribution is -2.51. The van der Waals surface area contributed by atoms with Gasteiger partial charge in [0.05, 0.1) is 19.6 Å². The molecule has 1 atom stereocenters. The summed E-state index contributed by atoms with van der Waals surface area (Å²) < 4.78 is 31.5. The van der Waals surface area contributed by atoms with Crippen LogP contribution >= 0.6 is 0 Å². The Labute approximate surface area is 230 Å². The standard InChI is InChI=1S/C28H43NO10/c1-10-26(5,6)38-24(32)36-20-13-12-19(16-21(20)37-25(33)39-27(7,8)11-2)17-28(29,23(31)34-9)14-15-35-22(30)18(3)4/h12-13,16,18H,10-11,14-15,17,29H2,1-9H3. The van der Waals surface area contributed by atoms with Crippen LogP contribution in [-0.2, 0) is 35.0 Å². The molecule has 0 aromatic heterocycles. The van der Waals surface area contributed by atoms with Gasteiger partial charge >= 0.3 is 24.2 Å². The van der Waals surface area contributed by atoms with E-state index in [9.17, 15) is 19.2 Å². The molecule has 0 aliphatic carbocycles. The second-order valence-electron chi connectivity index (χ2n) is 10.8. The van der Waals surface area contributed by atoms with Crippen LogP contribution in [0, 0.1) is 5.92 Å². The normalized spacial score (nSPS) is 13.2. The van der Waals surface area contributed by atoms with E-state index < -0.39 is 41.0 Å². The zero-order valence-corrected chi connectivity index (χ0v) is 24.5. The van der Waals surface area contributed by atoms with E-state index in [-0.39, 0.29) is 36.9 Å². The minimum absolute atomic E-state index is 0.0300. The number of carbonyl (C=O) groups is 4. The van der Waals surface area contributed by atoms with Crippen molar-refractivity contribution < 1.29 is 47.6 Å². The summed E-state index contributed by atoms with van der Waals surface area (Å²) in [4.78, 5) is 49.4. The van der Waals surface area contributed by atoms with Crippen LogP contribution in [0.3, 0.4) is 0 Å². The number of carbonyl (C=O) groups excluding carboxylic acids is 4. The Morgan fingerprint density at radius 3 is 1.85 bits per heavy atom. The lowest BCUT2D eigenvalue weighted by Gasteiger charge is -2.27. The zero-order valence-electron chi connectivity index (χ0n) is 24.5. The molecule has 0 amide bonds. The molecular weight excluding hydrogens is 510 g/mol. The van der Waals surface area contributed by atoms with Gasteiger partial charge in [0.2, 0.25) is 0 Å². The highest BCUT2D eigenvalue weighted by molar-refractivity contribution is 5.81. The Hall–Kier alpha value is -3.34. The quantitative estimate of drug-likeness (QED) is 0.197. The third kappa shape index (κ3) is 11.1. The Bertz CT molecular complexity index is 1020. The predicted octanol–water partition coefficient (Wildman–Crippen LogP) is 5.10. The summed E-state index contributed by atoms with van der Waals surface area (Å²) in [7, 11) is 1.20. The predicted molar refractivity (Wildman–Crippen MR) is 142 cm³/mol. The molecule has 0 bridgehead atoms. The van der Waals surface area contributed by atoms with Crippen LogP contribution in [0.4, 0.5) is 9.59 Å². The molecule has 11 heteroatoms. The molecule has 0 heterocycles. The van der Waals surface area contributed by atoms with Crippen molar-refractivity contribution in [1.29, 1.82) is 0 Å². The lowest BCUT2D eigenvalue weighted by atomic mass is 9.88. The summed E-state index contributed by atoms with van der Waals surface area (Å²) in [6, 6.07) is 4.34. The molecule has 0 aliphatic rings. The van der Waals surface area contributed by atoms with Crippen LogP contribution in [0.25, 0.3) is 0 Å². The molecule has 0 spiro atoms. The third-order valence-electron chi connectivity index (χ3n) is 6.19. The summed E-state index contributed by atoms with van der Waals surface area (Å²) in [5, 5.41) is 0. The SMILES string of the molecule is CCC(C)(C)OC(=O)Oc1ccc(CC(N)(CCOC(=O)C(C)C)C(=O)OC)cc1OC(=O)OC(C)(C)CC. The van der Waals surface area contributed by atoms with Gasteiger partial charge in [-0.3, -0.25) is 9.59 Å². The molecule has 0 aliphatic heterocycles. The Kier molecular flexibility index (Phi) is 12.2. The van der Waals surface area contributed by atoms with Crippen molar-refractivity contribution >= 4 is 24.2 Å². The van der Waals surface area contributed by atoms with Crippen LogP contribution in [0.5, 0.6) is 11.5 Å². The molecule has 39 heavy (non-hydrogen) atoms. The summed E-state index contributed by atoms with van der Waals surface area (Å²) >= 11 is 0. The van der Waals surface area contributed by atoms with Gasteiger partial charge in [0.15, 0.2) is 11.5 Å². The van der Waals surface area contributed by atoms with E-state index in [4.69, 9.17) is 34.2 Å². The van der Waals surface area contributed by atoms with Crippen molar-refractivity contribution in [2.24, 2.45) is 11.7 Å². The number of hydrogen-bond acceptors (Lipinski definition) is 11. The van der Waals surface area contributed by atoms with Crippen molar-refractivity contribution in [1.82, 2.24) is 0 Å². The molecule has 1 aromatic rings. The first-order chi connectivity index (χ1) is 18.0. The van der Waals surface area contributed by atoms with Gasteiger partial charge in [0.25, 0.3) is 0 Å². The highest BCUT2D eigenvalue weighted by Crippen LogP contribution is 2.32. The van der Waals surface area contributed by atoms with E-state index in [1.807, 2.05) is 13.8 Å². The van der Waals surface area contributed by atoms with E-state index in [0.29, 0.717) is 18.4 Å². The van der Waals surface area contributed by atoms with Crippen molar-refractivity contribution in [3.8, 4) is 11.5 Å². The first-order valence-corrected chi connectivity index (χ1v) is 13.0. The first-order valence-electron chi connectivity index (χ1n) is 13.0. The summed E-state index contributed by atoms with van der Waals surface area (Å²) in [5.74, 6) is -1.73. The van der Waals surface area contributed by atoms with Crippen LogP contribution in [0.15, 0.2) is 18.2 Å².